The van der Waals surface area contributed by atoms with E-state index < -0.39 is 17.5 Å². The predicted octanol–water partition coefficient (Wildman–Crippen LogP) is 7.58. The van der Waals surface area contributed by atoms with E-state index in [9.17, 15) is 13.6 Å². The molecule has 4 nitrogen and oxygen atoms in total. The molecule has 0 saturated carbocycles. The molecule has 1 amide bonds. The number of aliphatic hydroxyl groups excluding tert-OH is 1. The summed E-state index contributed by atoms with van der Waals surface area (Å²) in [6, 6.07) is 6.55. The molecule has 0 aliphatic rings. The molecule has 0 aliphatic heterocycles. The first-order valence-corrected chi connectivity index (χ1v) is 11.2. The average Bonchev–Trinajstić information content (AvgIpc) is 2.71. The Bertz CT molecular complexity index is 796. The molecule has 0 bridgehead atoms. The van der Waals surface area contributed by atoms with Crippen molar-refractivity contribution in [2.24, 2.45) is 5.92 Å². The fraction of sp³-hybridized carbons (Fsp3) is 0.435. The van der Waals surface area contributed by atoms with Crippen molar-refractivity contribution in [3.05, 3.63) is 58.1 Å². The Morgan fingerprint density at radius 2 is 1.81 bits per heavy atom. The highest BCUT2D eigenvalue weighted by Crippen LogP contribution is 2.26. The molecule has 0 aliphatic carbocycles. The molecule has 3 N–H and O–H groups in total. The zero-order valence-electron chi connectivity index (χ0n) is 18.6. The van der Waals surface area contributed by atoms with Gasteiger partial charge in [0.05, 0.1) is 9.92 Å². The SMILES string of the molecule is CCCCC(C)C.CCO.Cc1cc(NC(=O)c2ccc(Cl)c(SO)c2)cc(F)c1F. The third-order valence-electron chi connectivity index (χ3n) is 3.89. The van der Waals surface area contributed by atoms with Gasteiger partial charge in [0, 0.05) is 36.0 Å². The van der Waals surface area contributed by atoms with Crippen LogP contribution in [0.15, 0.2) is 35.2 Å². The van der Waals surface area contributed by atoms with Gasteiger partial charge < -0.3 is 15.0 Å². The fourth-order valence-electron chi connectivity index (χ4n) is 2.33. The van der Waals surface area contributed by atoms with Crippen LogP contribution in [0.2, 0.25) is 5.02 Å². The second-order valence-electron chi connectivity index (χ2n) is 7.13. The highest BCUT2D eigenvalue weighted by molar-refractivity contribution is 7.93. The highest BCUT2D eigenvalue weighted by atomic mass is 35.5. The lowest BCUT2D eigenvalue weighted by Crippen LogP contribution is -2.12. The van der Waals surface area contributed by atoms with E-state index in [-0.39, 0.29) is 23.4 Å². The second-order valence-corrected chi connectivity index (χ2v) is 8.16. The minimum absolute atomic E-state index is 0.0907. The first kappa shape index (κ1) is 29.3. The van der Waals surface area contributed by atoms with Gasteiger partial charge in [-0.1, -0.05) is 51.6 Å². The third-order valence-corrected chi connectivity index (χ3v) is 4.87. The van der Waals surface area contributed by atoms with Crippen molar-refractivity contribution in [2.75, 3.05) is 11.9 Å². The van der Waals surface area contributed by atoms with Gasteiger partial charge in [-0.15, -0.1) is 0 Å². The Labute approximate surface area is 193 Å². The van der Waals surface area contributed by atoms with Crippen molar-refractivity contribution in [1.29, 1.82) is 0 Å². The molecule has 0 atom stereocenters. The topological polar surface area (TPSA) is 69.6 Å². The zero-order chi connectivity index (χ0) is 24.0. The maximum Gasteiger partial charge on any atom is 0.255 e. The summed E-state index contributed by atoms with van der Waals surface area (Å²) in [5.74, 6) is -1.60. The summed E-state index contributed by atoms with van der Waals surface area (Å²) < 4.78 is 35.5. The van der Waals surface area contributed by atoms with E-state index in [1.807, 2.05) is 0 Å². The van der Waals surface area contributed by atoms with Crippen molar-refractivity contribution in [3.63, 3.8) is 0 Å². The summed E-state index contributed by atoms with van der Waals surface area (Å²) in [4.78, 5) is 12.4. The fourth-order valence-corrected chi connectivity index (χ4v) is 2.88. The van der Waals surface area contributed by atoms with E-state index in [4.69, 9.17) is 21.3 Å². The quantitative estimate of drug-likeness (QED) is 0.376. The summed E-state index contributed by atoms with van der Waals surface area (Å²) in [7, 11) is 0. The Morgan fingerprint density at radius 3 is 2.26 bits per heavy atom. The van der Waals surface area contributed by atoms with Gasteiger partial charge in [-0.05, 0) is 49.6 Å². The summed E-state index contributed by atoms with van der Waals surface area (Å²) in [6.07, 6.45) is 4.15. The van der Waals surface area contributed by atoms with Gasteiger partial charge >= 0.3 is 0 Å². The molecule has 0 unspecified atom stereocenters. The van der Waals surface area contributed by atoms with Gasteiger partial charge in [0.15, 0.2) is 11.6 Å². The van der Waals surface area contributed by atoms with E-state index in [0.717, 1.165) is 12.0 Å². The summed E-state index contributed by atoms with van der Waals surface area (Å²) in [6.45, 7) is 10.1. The molecule has 2 rings (SSSR count). The van der Waals surface area contributed by atoms with Gasteiger partial charge in [0.2, 0.25) is 0 Å². The normalized spacial score (nSPS) is 10.0. The minimum atomic E-state index is -1.03. The molecular formula is C23H32ClF2NO3S. The molecule has 0 spiro atoms. The van der Waals surface area contributed by atoms with Crippen molar-refractivity contribution in [1.82, 2.24) is 0 Å². The monoisotopic (exact) mass is 475 g/mol. The number of amides is 1. The lowest BCUT2D eigenvalue weighted by molar-refractivity contribution is 0.102. The smallest absolute Gasteiger partial charge is 0.255 e. The van der Waals surface area contributed by atoms with E-state index in [1.54, 1.807) is 6.92 Å². The number of rotatable bonds is 6. The van der Waals surface area contributed by atoms with Crippen LogP contribution < -0.4 is 5.32 Å². The van der Waals surface area contributed by atoms with Gasteiger partial charge in [0.1, 0.15) is 0 Å². The molecule has 0 saturated heterocycles. The molecule has 2 aromatic rings. The van der Waals surface area contributed by atoms with Crippen LogP contribution in [0.1, 0.15) is 62.9 Å². The van der Waals surface area contributed by atoms with Gasteiger partial charge in [-0.2, -0.15) is 0 Å². The molecule has 0 aromatic heterocycles. The largest absolute Gasteiger partial charge is 0.397 e. The van der Waals surface area contributed by atoms with Crippen molar-refractivity contribution in [3.8, 4) is 0 Å². The maximum absolute atomic E-state index is 13.3. The van der Waals surface area contributed by atoms with Gasteiger partial charge in [0.25, 0.3) is 5.91 Å². The molecular weight excluding hydrogens is 444 g/mol. The van der Waals surface area contributed by atoms with Crippen LogP contribution in [0.4, 0.5) is 14.5 Å². The number of benzene rings is 2. The lowest BCUT2D eigenvalue weighted by atomic mass is 10.1. The zero-order valence-corrected chi connectivity index (χ0v) is 20.2. The van der Waals surface area contributed by atoms with E-state index in [2.05, 4.69) is 26.1 Å². The molecule has 0 fully saturated rings. The standard InChI is InChI=1S/C14H10ClF2NO2S.C7H16.C2H6O/c1-7-4-9(6-11(16)13(7)17)18-14(19)8-2-3-10(15)12(5-8)21-20;1-4-5-6-7(2)3;1-2-3/h2-6,20H,1H3,(H,18,19);7H,4-6H2,1-3H3;3H,2H2,1H3. The molecule has 0 heterocycles. The molecule has 174 valence electrons. The van der Waals surface area contributed by atoms with Crippen LogP contribution in [0.5, 0.6) is 0 Å². The number of carbonyl (C=O) groups is 1. The van der Waals surface area contributed by atoms with Crippen LogP contribution in [-0.2, 0) is 0 Å². The van der Waals surface area contributed by atoms with Crippen LogP contribution in [0.3, 0.4) is 0 Å². The minimum Gasteiger partial charge on any atom is -0.397 e. The number of halogens is 3. The number of nitrogens with one attached hydrogen (secondary N) is 1. The van der Waals surface area contributed by atoms with Gasteiger partial charge in [-0.3, -0.25) is 4.79 Å². The van der Waals surface area contributed by atoms with Crippen LogP contribution in [0, 0.1) is 24.5 Å². The first-order valence-electron chi connectivity index (χ1n) is 10.1. The summed E-state index contributed by atoms with van der Waals surface area (Å²) in [5, 5.41) is 10.3. The predicted molar refractivity (Wildman–Crippen MR) is 126 cm³/mol. The Morgan fingerprint density at radius 1 is 1.19 bits per heavy atom. The molecule has 8 heteroatoms. The number of aliphatic hydroxyl groups is 1. The number of hydrogen-bond acceptors (Lipinski definition) is 4. The third kappa shape index (κ3) is 11.5. The average molecular weight is 476 g/mol. The van der Waals surface area contributed by atoms with E-state index >= 15 is 0 Å². The van der Waals surface area contributed by atoms with E-state index in [0.29, 0.717) is 22.0 Å². The van der Waals surface area contributed by atoms with Crippen molar-refractivity contribution >= 4 is 35.2 Å². The number of carbonyl (C=O) groups excluding carboxylic acids is 1. The number of aryl methyl sites for hydroxylation is 1. The first-order chi connectivity index (χ1) is 14.6. The van der Waals surface area contributed by atoms with Crippen LogP contribution in [0.25, 0.3) is 0 Å². The highest BCUT2D eigenvalue weighted by Gasteiger charge is 2.12. The van der Waals surface area contributed by atoms with Crippen molar-refractivity contribution < 1.29 is 23.2 Å². The Kier molecular flexibility index (Phi) is 15.2. The summed E-state index contributed by atoms with van der Waals surface area (Å²) >= 11 is 6.24. The number of unbranched alkanes of at least 4 members (excludes halogenated alkanes) is 1. The summed E-state index contributed by atoms with van der Waals surface area (Å²) in [5.41, 5.74) is 0.468. The van der Waals surface area contributed by atoms with Crippen LogP contribution in [-0.4, -0.2) is 22.2 Å². The Balaban J connectivity index is 0.000000756. The van der Waals surface area contributed by atoms with Crippen LogP contribution >= 0.6 is 23.6 Å². The number of anilines is 1. The number of hydrogen-bond donors (Lipinski definition) is 3. The van der Waals surface area contributed by atoms with E-state index in [1.165, 1.54) is 50.5 Å². The van der Waals surface area contributed by atoms with Crippen molar-refractivity contribution in [2.45, 2.75) is 58.8 Å². The second kappa shape index (κ2) is 16.0. The Hall–Kier alpha value is -1.67. The van der Waals surface area contributed by atoms with Gasteiger partial charge in [-0.25, -0.2) is 8.78 Å². The molecule has 31 heavy (non-hydrogen) atoms. The maximum atomic E-state index is 13.3. The molecule has 2 aromatic carbocycles. The molecule has 0 radical (unpaired) electrons. The lowest BCUT2D eigenvalue weighted by Gasteiger charge is -2.08.